The maximum Gasteiger partial charge on any atom is 0.258 e. The average Bonchev–Trinajstić information content (AvgIpc) is 3.37. The topological polar surface area (TPSA) is 59.4 Å². The number of pyridine rings is 2. The van der Waals surface area contributed by atoms with Crippen LogP contribution < -0.4 is 20.5 Å². The van der Waals surface area contributed by atoms with Crippen LogP contribution in [0.5, 0.6) is 5.75 Å². The zero-order valence-electron chi connectivity index (χ0n) is 16.2. The Morgan fingerprint density at radius 3 is 2.79 bits per heavy atom. The number of fused-ring (bicyclic) bond motifs is 1. The van der Waals surface area contributed by atoms with Crippen molar-refractivity contribution >= 4 is 5.82 Å². The highest BCUT2D eigenvalue weighted by atomic mass is 16.5. The van der Waals surface area contributed by atoms with Crippen LogP contribution in [0.4, 0.5) is 5.82 Å². The molecule has 2 aliphatic heterocycles. The molecule has 5 rings (SSSR count). The van der Waals surface area contributed by atoms with Crippen LogP contribution in [-0.2, 0) is 6.61 Å². The summed E-state index contributed by atoms with van der Waals surface area (Å²) in [4.78, 5) is 19.6. The lowest BCUT2D eigenvalue weighted by molar-refractivity contribution is 0.305. The van der Waals surface area contributed by atoms with Crippen molar-refractivity contribution < 1.29 is 4.74 Å². The zero-order chi connectivity index (χ0) is 19.6. The van der Waals surface area contributed by atoms with Crippen LogP contribution in [0.25, 0.3) is 5.69 Å². The molecule has 0 aliphatic carbocycles. The number of hydrogen-bond donors (Lipinski definition) is 1. The first-order valence-corrected chi connectivity index (χ1v) is 10.1. The molecule has 0 amide bonds. The average molecular weight is 388 g/mol. The van der Waals surface area contributed by atoms with E-state index in [0.717, 1.165) is 42.6 Å². The van der Waals surface area contributed by atoms with Crippen LogP contribution in [0, 0.1) is 5.92 Å². The monoisotopic (exact) mass is 388 g/mol. The molecule has 2 saturated heterocycles. The van der Waals surface area contributed by atoms with E-state index in [1.807, 2.05) is 48.5 Å². The normalized spacial score (nSPS) is 20.6. The van der Waals surface area contributed by atoms with Gasteiger partial charge in [0, 0.05) is 37.9 Å². The molecule has 0 bridgehead atoms. The van der Waals surface area contributed by atoms with Gasteiger partial charge in [0.2, 0.25) is 0 Å². The van der Waals surface area contributed by atoms with Gasteiger partial charge in [-0.2, -0.15) is 0 Å². The molecule has 0 radical (unpaired) electrons. The molecule has 2 unspecified atom stereocenters. The number of benzene rings is 1. The van der Waals surface area contributed by atoms with E-state index >= 15 is 0 Å². The standard InChI is InChI=1S/C23H24N4O2/c28-23-12-20(29-16-17-4-2-1-3-5-17)9-11-26(23)19-6-7-22(25-14-19)27-10-8-18-13-24-15-21(18)27/h1-7,9,11-12,14,18,21,24H,8,10,13,15-16H2. The van der Waals surface area contributed by atoms with Crippen molar-refractivity contribution in [2.45, 2.75) is 19.1 Å². The smallest absolute Gasteiger partial charge is 0.258 e. The van der Waals surface area contributed by atoms with Gasteiger partial charge in [0.15, 0.2) is 0 Å². The Bertz CT molecular complexity index is 1030. The summed E-state index contributed by atoms with van der Waals surface area (Å²) in [6.07, 6.45) is 4.73. The number of nitrogens with zero attached hydrogens (tertiary/aromatic N) is 3. The molecule has 2 aliphatic rings. The van der Waals surface area contributed by atoms with Crippen molar-refractivity contribution in [2.75, 3.05) is 24.5 Å². The van der Waals surface area contributed by atoms with E-state index in [9.17, 15) is 4.79 Å². The van der Waals surface area contributed by atoms with Crippen LogP contribution in [0.2, 0.25) is 0 Å². The first kappa shape index (κ1) is 17.9. The Balaban J connectivity index is 1.30. The second kappa shape index (κ2) is 7.72. The molecule has 0 saturated carbocycles. The molecule has 6 heteroatoms. The van der Waals surface area contributed by atoms with Crippen LogP contribution in [0.1, 0.15) is 12.0 Å². The third kappa shape index (κ3) is 3.63. The molecule has 148 valence electrons. The molecule has 3 aromatic rings. The van der Waals surface area contributed by atoms with Gasteiger partial charge in [0.25, 0.3) is 5.56 Å². The van der Waals surface area contributed by atoms with Gasteiger partial charge < -0.3 is 15.0 Å². The lowest BCUT2D eigenvalue weighted by Crippen LogP contribution is -2.34. The number of rotatable bonds is 5. The SMILES string of the molecule is O=c1cc(OCc2ccccc2)ccn1-c1ccc(N2CCC3CNCC32)nc1. The minimum Gasteiger partial charge on any atom is -0.489 e. The van der Waals surface area contributed by atoms with Gasteiger partial charge in [-0.3, -0.25) is 9.36 Å². The Morgan fingerprint density at radius 2 is 2.00 bits per heavy atom. The van der Waals surface area contributed by atoms with Gasteiger partial charge in [0.1, 0.15) is 18.2 Å². The molecule has 2 atom stereocenters. The fraction of sp³-hybridized carbons (Fsp3) is 0.304. The van der Waals surface area contributed by atoms with E-state index in [0.29, 0.717) is 18.4 Å². The van der Waals surface area contributed by atoms with E-state index in [4.69, 9.17) is 4.74 Å². The highest BCUT2D eigenvalue weighted by Gasteiger charge is 2.37. The summed E-state index contributed by atoms with van der Waals surface area (Å²) in [6.45, 7) is 3.62. The second-order valence-electron chi connectivity index (χ2n) is 7.69. The van der Waals surface area contributed by atoms with Crippen LogP contribution in [-0.4, -0.2) is 35.2 Å². The van der Waals surface area contributed by atoms with Gasteiger partial charge in [-0.1, -0.05) is 30.3 Å². The first-order chi connectivity index (χ1) is 14.3. The second-order valence-corrected chi connectivity index (χ2v) is 7.69. The molecule has 1 N–H and O–H groups in total. The summed E-state index contributed by atoms with van der Waals surface area (Å²) >= 11 is 0. The van der Waals surface area contributed by atoms with E-state index in [-0.39, 0.29) is 5.56 Å². The maximum atomic E-state index is 12.6. The van der Waals surface area contributed by atoms with Crippen molar-refractivity contribution in [1.82, 2.24) is 14.9 Å². The number of aromatic nitrogens is 2. The van der Waals surface area contributed by atoms with Gasteiger partial charge in [-0.25, -0.2) is 4.98 Å². The number of ether oxygens (including phenoxy) is 1. The van der Waals surface area contributed by atoms with Crippen molar-refractivity contribution in [3.63, 3.8) is 0 Å². The molecule has 29 heavy (non-hydrogen) atoms. The van der Waals surface area contributed by atoms with Crippen LogP contribution in [0.3, 0.4) is 0 Å². The van der Waals surface area contributed by atoms with Crippen molar-refractivity contribution in [1.29, 1.82) is 0 Å². The summed E-state index contributed by atoms with van der Waals surface area (Å²) in [7, 11) is 0. The molecule has 1 aromatic carbocycles. The third-order valence-corrected chi connectivity index (χ3v) is 5.89. The van der Waals surface area contributed by atoms with Gasteiger partial charge in [0.05, 0.1) is 11.9 Å². The fourth-order valence-corrected chi connectivity index (χ4v) is 4.33. The van der Waals surface area contributed by atoms with Crippen molar-refractivity contribution in [3.8, 4) is 11.4 Å². The third-order valence-electron chi connectivity index (χ3n) is 5.89. The predicted molar refractivity (Wildman–Crippen MR) is 113 cm³/mol. The predicted octanol–water partition coefficient (Wildman–Crippen LogP) is 2.61. The Kier molecular flexibility index (Phi) is 4.77. The summed E-state index contributed by atoms with van der Waals surface area (Å²) in [5.74, 6) is 2.28. The fourth-order valence-electron chi connectivity index (χ4n) is 4.33. The lowest BCUT2D eigenvalue weighted by Gasteiger charge is -2.24. The molecular weight excluding hydrogens is 364 g/mol. The van der Waals surface area contributed by atoms with E-state index in [2.05, 4.69) is 15.2 Å². The highest BCUT2D eigenvalue weighted by molar-refractivity contribution is 5.46. The summed E-state index contributed by atoms with van der Waals surface area (Å²) < 4.78 is 7.34. The zero-order valence-corrected chi connectivity index (χ0v) is 16.2. The van der Waals surface area contributed by atoms with Crippen LogP contribution in [0.15, 0.2) is 71.8 Å². The van der Waals surface area contributed by atoms with Gasteiger partial charge in [-0.15, -0.1) is 0 Å². The van der Waals surface area contributed by atoms with Gasteiger partial charge >= 0.3 is 0 Å². The molecule has 0 spiro atoms. The highest BCUT2D eigenvalue weighted by Crippen LogP contribution is 2.30. The van der Waals surface area contributed by atoms with Crippen molar-refractivity contribution in [3.05, 3.63) is 82.9 Å². The van der Waals surface area contributed by atoms with Gasteiger partial charge in [-0.05, 0) is 36.1 Å². The largest absolute Gasteiger partial charge is 0.489 e. The Morgan fingerprint density at radius 1 is 1.10 bits per heavy atom. The molecule has 2 fully saturated rings. The summed E-state index contributed by atoms with van der Waals surface area (Å²) in [6, 6.07) is 17.8. The number of hydrogen-bond acceptors (Lipinski definition) is 5. The molecular formula is C23H24N4O2. The molecule has 4 heterocycles. The summed E-state index contributed by atoms with van der Waals surface area (Å²) in [5.41, 5.74) is 1.69. The van der Waals surface area contributed by atoms with E-state index < -0.39 is 0 Å². The lowest BCUT2D eigenvalue weighted by atomic mass is 10.1. The quantitative estimate of drug-likeness (QED) is 0.728. The van der Waals surface area contributed by atoms with E-state index in [1.54, 1.807) is 17.0 Å². The van der Waals surface area contributed by atoms with E-state index in [1.165, 1.54) is 12.5 Å². The maximum absolute atomic E-state index is 12.6. The summed E-state index contributed by atoms with van der Waals surface area (Å²) in [5, 5.41) is 3.47. The molecule has 2 aromatic heterocycles. The number of anilines is 1. The number of nitrogens with one attached hydrogen (secondary N) is 1. The Hall–Kier alpha value is -3.12. The Labute approximate surface area is 169 Å². The van der Waals surface area contributed by atoms with Crippen molar-refractivity contribution in [2.24, 2.45) is 5.92 Å². The first-order valence-electron chi connectivity index (χ1n) is 10.1. The molecule has 6 nitrogen and oxygen atoms in total. The minimum atomic E-state index is -0.133. The van der Waals surface area contributed by atoms with Crippen LogP contribution >= 0.6 is 0 Å². The minimum absolute atomic E-state index is 0.133.